The Balaban J connectivity index is 1.60. The normalized spacial score (nSPS) is 18.0. The summed E-state index contributed by atoms with van der Waals surface area (Å²) in [7, 11) is 0. The maximum atomic E-state index is 13.5. The number of carbonyl (C=O) groups excluding carboxylic acids is 2. The van der Waals surface area contributed by atoms with Crippen LogP contribution in [-0.2, 0) is 0 Å². The topological polar surface area (TPSA) is 71.4 Å². The van der Waals surface area contributed by atoms with Crippen molar-refractivity contribution in [2.75, 3.05) is 13.1 Å². The fourth-order valence-electron chi connectivity index (χ4n) is 5.22. The van der Waals surface area contributed by atoms with Gasteiger partial charge in [0.25, 0.3) is 11.8 Å². The summed E-state index contributed by atoms with van der Waals surface area (Å²) in [6, 6.07) is 10.6. The summed E-state index contributed by atoms with van der Waals surface area (Å²) in [5.41, 5.74) is 0.535. The first kappa shape index (κ1) is 24.2. The van der Waals surface area contributed by atoms with Gasteiger partial charge >= 0.3 is 0 Å². The molecule has 2 heterocycles. The summed E-state index contributed by atoms with van der Waals surface area (Å²) in [4.78, 5) is 41.7. The molecule has 0 bridgehead atoms. The molecule has 2 amide bonds. The van der Waals surface area contributed by atoms with E-state index in [2.05, 4.69) is 29.6 Å². The highest BCUT2D eigenvalue weighted by atomic mass is 16.2. The minimum absolute atomic E-state index is 0.0607. The van der Waals surface area contributed by atoms with E-state index in [9.17, 15) is 14.4 Å². The Bertz CT molecular complexity index is 1070. The zero-order valence-corrected chi connectivity index (χ0v) is 20.7. The summed E-state index contributed by atoms with van der Waals surface area (Å²) in [5.74, 6) is -0.251. The van der Waals surface area contributed by atoms with Gasteiger partial charge < -0.3 is 14.8 Å². The number of pyridine rings is 1. The van der Waals surface area contributed by atoms with Crippen molar-refractivity contribution >= 4 is 11.8 Å². The summed E-state index contributed by atoms with van der Waals surface area (Å²) in [5, 5.41) is 2.90. The van der Waals surface area contributed by atoms with Crippen LogP contribution in [0.3, 0.4) is 0 Å². The van der Waals surface area contributed by atoms with Crippen LogP contribution in [0.2, 0.25) is 0 Å². The minimum atomic E-state index is -0.474. The van der Waals surface area contributed by atoms with E-state index in [1.807, 2.05) is 31.4 Å². The van der Waals surface area contributed by atoms with E-state index in [1.54, 1.807) is 17.3 Å². The van der Waals surface area contributed by atoms with Gasteiger partial charge in [-0.15, -0.1) is 0 Å². The van der Waals surface area contributed by atoms with E-state index < -0.39 is 16.9 Å². The van der Waals surface area contributed by atoms with E-state index in [-0.39, 0.29) is 23.1 Å². The number of carbonyl (C=O) groups is 2. The number of piperidine rings is 1. The molecule has 1 aliphatic carbocycles. The zero-order chi connectivity index (χ0) is 24.3. The highest BCUT2D eigenvalue weighted by Crippen LogP contribution is 2.30. The van der Waals surface area contributed by atoms with Crippen LogP contribution in [0.15, 0.2) is 47.5 Å². The van der Waals surface area contributed by atoms with Crippen LogP contribution in [0, 0.1) is 0 Å². The third kappa shape index (κ3) is 5.60. The summed E-state index contributed by atoms with van der Waals surface area (Å²) in [6.07, 6.45) is 10.6. The second-order valence-electron chi connectivity index (χ2n) is 10.8. The number of hydrogen-bond donors (Lipinski definition) is 1. The van der Waals surface area contributed by atoms with Crippen LogP contribution in [0.4, 0.5) is 0 Å². The van der Waals surface area contributed by atoms with Gasteiger partial charge in [-0.05, 0) is 57.9 Å². The molecule has 1 aliphatic heterocycles. The Morgan fingerprint density at radius 1 is 0.882 bits per heavy atom. The lowest BCUT2D eigenvalue weighted by molar-refractivity contribution is 0.0710. The summed E-state index contributed by atoms with van der Waals surface area (Å²) in [6.45, 7) is 6.88. The van der Waals surface area contributed by atoms with E-state index >= 15 is 0 Å². The number of hydrogen-bond acceptors (Lipinski definition) is 3. The molecule has 1 aromatic carbocycles. The number of nitrogens with one attached hydrogen (secondary N) is 1. The van der Waals surface area contributed by atoms with Gasteiger partial charge in [0.1, 0.15) is 11.1 Å². The van der Waals surface area contributed by atoms with Gasteiger partial charge in [-0.2, -0.15) is 0 Å². The highest BCUT2D eigenvalue weighted by molar-refractivity contribution is 5.99. The molecular weight excluding hydrogens is 426 g/mol. The maximum Gasteiger partial charge on any atom is 0.259 e. The number of benzene rings is 1. The van der Waals surface area contributed by atoms with Gasteiger partial charge in [-0.1, -0.05) is 49.6 Å². The first-order chi connectivity index (χ1) is 16.2. The largest absolute Gasteiger partial charge is 0.349 e. The fraction of sp³-hybridized carbons (Fsp3) is 0.536. The molecule has 0 radical (unpaired) electrons. The number of aromatic nitrogens is 1. The maximum absolute atomic E-state index is 13.5. The van der Waals surface area contributed by atoms with E-state index in [0.29, 0.717) is 19.0 Å². The van der Waals surface area contributed by atoms with Crippen LogP contribution < -0.4 is 10.7 Å². The Labute approximate surface area is 202 Å². The van der Waals surface area contributed by atoms with Crippen LogP contribution >= 0.6 is 0 Å². The molecule has 34 heavy (non-hydrogen) atoms. The molecule has 0 unspecified atom stereocenters. The van der Waals surface area contributed by atoms with Crippen LogP contribution in [0.5, 0.6) is 0 Å². The quantitative estimate of drug-likeness (QED) is 0.701. The highest BCUT2D eigenvalue weighted by Gasteiger charge is 2.29. The molecule has 182 valence electrons. The molecule has 4 rings (SSSR count). The smallest absolute Gasteiger partial charge is 0.259 e. The van der Waals surface area contributed by atoms with Crippen molar-refractivity contribution < 1.29 is 9.59 Å². The van der Waals surface area contributed by atoms with Crippen molar-refractivity contribution in [2.24, 2.45) is 0 Å². The average molecular weight is 464 g/mol. The molecule has 1 saturated carbocycles. The molecule has 1 aromatic heterocycles. The van der Waals surface area contributed by atoms with E-state index in [4.69, 9.17) is 0 Å². The van der Waals surface area contributed by atoms with Crippen molar-refractivity contribution in [3.05, 3.63) is 69.6 Å². The number of likely N-dealkylation sites (tertiary alicyclic amines) is 1. The van der Waals surface area contributed by atoms with E-state index in [1.165, 1.54) is 12.0 Å². The Hall–Kier alpha value is -2.89. The minimum Gasteiger partial charge on any atom is -0.349 e. The summed E-state index contributed by atoms with van der Waals surface area (Å²) < 4.78 is 1.96. The lowest BCUT2D eigenvalue weighted by Crippen LogP contribution is -2.44. The molecule has 2 fully saturated rings. The van der Waals surface area contributed by atoms with Gasteiger partial charge in [0.15, 0.2) is 0 Å². The van der Waals surface area contributed by atoms with Crippen molar-refractivity contribution in [3.63, 3.8) is 0 Å². The molecule has 2 aromatic rings. The van der Waals surface area contributed by atoms with Crippen LogP contribution in [-0.4, -0.2) is 39.9 Å². The molecule has 2 aliphatic rings. The van der Waals surface area contributed by atoms with Crippen molar-refractivity contribution in [2.45, 2.75) is 83.2 Å². The van der Waals surface area contributed by atoms with Crippen LogP contribution in [0.1, 0.15) is 104 Å². The predicted octanol–water partition coefficient (Wildman–Crippen LogP) is 4.90. The third-order valence-electron chi connectivity index (χ3n) is 7.06. The van der Waals surface area contributed by atoms with Gasteiger partial charge in [0.2, 0.25) is 5.43 Å². The second kappa shape index (κ2) is 10.2. The third-order valence-corrected chi connectivity index (χ3v) is 7.06. The molecule has 1 saturated heterocycles. The zero-order valence-electron chi connectivity index (χ0n) is 20.7. The van der Waals surface area contributed by atoms with Crippen molar-refractivity contribution in [1.29, 1.82) is 0 Å². The molecule has 0 atom stereocenters. The van der Waals surface area contributed by atoms with Gasteiger partial charge in [-0.3, -0.25) is 14.4 Å². The monoisotopic (exact) mass is 463 g/mol. The van der Waals surface area contributed by atoms with Gasteiger partial charge in [-0.25, -0.2) is 0 Å². The average Bonchev–Trinajstić information content (AvgIpc) is 2.84. The molecule has 1 N–H and O–H groups in total. The lowest BCUT2D eigenvalue weighted by Gasteiger charge is -2.32. The van der Waals surface area contributed by atoms with Crippen molar-refractivity contribution in [1.82, 2.24) is 14.8 Å². The Morgan fingerprint density at radius 3 is 2.12 bits per heavy atom. The first-order valence-corrected chi connectivity index (χ1v) is 12.7. The molecular formula is C28H37N3O3. The predicted molar refractivity (Wildman–Crippen MR) is 134 cm³/mol. The standard InChI is InChI=1S/C28H37N3O3/c1-28(2,3)29-26(33)23-18-31(22-12-8-5-9-13-22)19-24(25(23)32)27(34)30-16-14-21(15-17-30)20-10-6-4-7-11-20/h4,6-7,10-11,18-19,21-22H,5,8-9,12-17H2,1-3H3,(H,29,33). The number of amides is 2. The van der Waals surface area contributed by atoms with Crippen molar-refractivity contribution in [3.8, 4) is 0 Å². The molecule has 6 heteroatoms. The SMILES string of the molecule is CC(C)(C)NC(=O)c1cn(C2CCCCC2)cc(C(=O)N2CCC(c3ccccc3)CC2)c1=O. The fourth-order valence-corrected chi connectivity index (χ4v) is 5.22. The summed E-state index contributed by atoms with van der Waals surface area (Å²) >= 11 is 0. The van der Waals surface area contributed by atoms with E-state index in [0.717, 1.165) is 38.5 Å². The molecule has 0 spiro atoms. The lowest BCUT2D eigenvalue weighted by atomic mass is 9.89. The molecule has 6 nitrogen and oxygen atoms in total. The number of nitrogens with zero attached hydrogens (tertiary/aromatic N) is 2. The van der Waals surface area contributed by atoms with Gasteiger partial charge in [0, 0.05) is 37.1 Å². The second-order valence-corrected chi connectivity index (χ2v) is 10.8. The van der Waals surface area contributed by atoms with Crippen LogP contribution in [0.25, 0.3) is 0 Å². The first-order valence-electron chi connectivity index (χ1n) is 12.7. The van der Waals surface area contributed by atoms with Gasteiger partial charge in [0.05, 0.1) is 0 Å². The Kier molecular flexibility index (Phi) is 7.24. The Morgan fingerprint density at radius 2 is 1.50 bits per heavy atom. The number of rotatable bonds is 4.